The molecule has 1 saturated carbocycles. The van der Waals surface area contributed by atoms with Gasteiger partial charge in [0.1, 0.15) is 0 Å². The molecule has 3 fully saturated rings. The number of thiocarbonyl (C=S) groups is 1. The minimum atomic E-state index is -3.51. The van der Waals surface area contributed by atoms with E-state index >= 15 is 0 Å². The van der Waals surface area contributed by atoms with Crippen molar-refractivity contribution in [3.63, 3.8) is 0 Å². The molecule has 0 bridgehead atoms. The number of anilines is 1. The van der Waals surface area contributed by atoms with Gasteiger partial charge < -0.3 is 20.3 Å². The second-order valence-electron chi connectivity index (χ2n) is 9.07. The molecule has 4 rings (SSSR count). The van der Waals surface area contributed by atoms with E-state index in [4.69, 9.17) is 17.0 Å². The van der Waals surface area contributed by atoms with Crippen LogP contribution in [0.2, 0.25) is 0 Å². The molecule has 2 saturated heterocycles. The second kappa shape index (κ2) is 11.1. The number of nitrogens with one attached hydrogen (secondary N) is 2. The van der Waals surface area contributed by atoms with Gasteiger partial charge in [-0.3, -0.25) is 4.79 Å². The molecular weight excluding hydrogens is 460 g/mol. The SMILES string of the molecule is O=C(C1CCCCC1)N1CCC(NC(=S)Nc2ccc(S(=O)(=O)N3CCOCC3)cc2)CC1. The molecule has 0 unspecified atom stereocenters. The van der Waals surface area contributed by atoms with Crippen molar-refractivity contribution in [3.8, 4) is 0 Å². The molecule has 33 heavy (non-hydrogen) atoms. The number of sulfonamides is 1. The Kier molecular flexibility index (Phi) is 8.21. The Hall–Kier alpha value is -1.75. The van der Waals surface area contributed by atoms with Crippen LogP contribution in [-0.2, 0) is 19.6 Å². The molecular formula is C23H34N4O4S2. The number of hydrogen-bond donors (Lipinski definition) is 2. The maximum atomic E-state index is 12.7. The summed E-state index contributed by atoms with van der Waals surface area (Å²) in [6.07, 6.45) is 7.43. The topological polar surface area (TPSA) is 91.0 Å². The molecule has 0 radical (unpaired) electrons. The predicted octanol–water partition coefficient (Wildman–Crippen LogP) is 2.57. The number of amides is 1. The van der Waals surface area contributed by atoms with Crippen molar-refractivity contribution in [2.24, 2.45) is 5.92 Å². The summed E-state index contributed by atoms with van der Waals surface area (Å²) in [5.41, 5.74) is 0.735. The van der Waals surface area contributed by atoms with E-state index in [1.165, 1.54) is 23.6 Å². The van der Waals surface area contributed by atoms with Crippen LogP contribution in [0, 0.1) is 5.92 Å². The molecule has 1 aliphatic carbocycles. The van der Waals surface area contributed by atoms with Crippen LogP contribution in [0.5, 0.6) is 0 Å². The normalized spacial score (nSPS) is 21.5. The third kappa shape index (κ3) is 6.23. The summed E-state index contributed by atoms with van der Waals surface area (Å²) >= 11 is 5.47. The fourth-order valence-corrected chi connectivity index (χ4v) is 6.54. The largest absolute Gasteiger partial charge is 0.379 e. The monoisotopic (exact) mass is 494 g/mol. The molecule has 0 spiro atoms. The van der Waals surface area contributed by atoms with E-state index in [9.17, 15) is 13.2 Å². The number of carbonyl (C=O) groups excluding carboxylic acids is 1. The fraction of sp³-hybridized carbons (Fsp3) is 0.652. The third-order valence-corrected chi connectivity index (χ3v) is 8.95. The number of benzene rings is 1. The van der Waals surface area contributed by atoms with Crippen LogP contribution >= 0.6 is 12.2 Å². The first-order chi connectivity index (χ1) is 15.9. The van der Waals surface area contributed by atoms with Gasteiger partial charge in [0.15, 0.2) is 5.11 Å². The highest BCUT2D eigenvalue weighted by molar-refractivity contribution is 7.89. The Morgan fingerprint density at radius 2 is 1.58 bits per heavy atom. The molecule has 0 atom stereocenters. The average molecular weight is 495 g/mol. The molecule has 1 amide bonds. The quantitative estimate of drug-likeness (QED) is 0.608. The lowest BCUT2D eigenvalue weighted by Gasteiger charge is -2.35. The van der Waals surface area contributed by atoms with Crippen LogP contribution in [0.25, 0.3) is 0 Å². The first-order valence-corrected chi connectivity index (χ1v) is 13.8. The number of nitrogens with zero attached hydrogens (tertiary/aromatic N) is 2. The summed E-state index contributed by atoms with van der Waals surface area (Å²) in [4.78, 5) is 15.0. The van der Waals surface area contributed by atoms with Crippen molar-refractivity contribution in [2.75, 3.05) is 44.7 Å². The lowest BCUT2D eigenvalue weighted by molar-refractivity contribution is -0.137. The van der Waals surface area contributed by atoms with Gasteiger partial charge in [0.05, 0.1) is 18.1 Å². The predicted molar refractivity (Wildman–Crippen MR) is 132 cm³/mol. The molecule has 8 nitrogen and oxygen atoms in total. The van der Waals surface area contributed by atoms with E-state index < -0.39 is 10.0 Å². The van der Waals surface area contributed by atoms with E-state index in [2.05, 4.69) is 10.6 Å². The van der Waals surface area contributed by atoms with Crippen molar-refractivity contribution in [1.29, 1.82) is 0 Å². The van der Waals surface area contributed by atoms with E-state index in [0.29, 0.717) is 37.3 Å². The Bertz CT molecular complexity index is 918. The minimum absolute atomic E-state index is 0.223. The van der Waals surface area contributed by atoms with Crippen LogP contribution in [0.1, 0.15) is 44.9 Å². The Balaban J connectivity index is 1.23. The first kappa shape index (κ1) is 24.4. The van der Waals surface area contributed by atoms with Gasteiger partial charge in [-0.15, -0.1) is 0 Å². The minimum Gasteiger partial charge on any atom is -0.379 e. The molecule has 2 heterocycles. The third-order valence-electron chi connectivity index (χ3n) is 6.82. The highest BCUT2D eigenvalue weighted by Crippen LogP contribution is 2.26. The van der Waals surface area contributed by atoms with Crippen LogP contribution < -0.4 is 10.6 Å². The molecule has 10 heteroatoms. The van der Waals surface area contributed by atoms with E-state index in [1.807, 2.05) is 4.90 Å². The van der Waals surface area contributed by atoms with Crippen molar-refractivity contribution in [2.45, 2.75) is 55.9 Å². The van der Waals surface area contributed by atoms with Crippen LogP contribution in [0.3, 0.4) is 0 Å². The van der Waals surface area contributed by atoms with Crippen LogP contribution in [-0.4, -0.2) is 74.1 Å². The Labute approximate surface area is 202 Å². The highest BCUT2D eigenvalue weighted by Gasteiger charge is 2.29. The summed E-state index contributed by atoms with van der Waals surface area (Å²) in [5, 5.41) is 7.00. The fourth-order valence-electron chi connectivity index (χ4n) is 4.85. The number of morpholine rings is 1. The lowest BCUT2D eigenvalue weighted by atomic mass is 9.87. The number of ether oxygens (including phenoxy) is 1. The maximum absolute atomic E-state index is 12.7. The van der Waals surface area contributed by atoms with Gasteiger partial charge in [-0.05, 0) is 62.2 Å². The highest BCUT2D eigenvalue weighted by atomic mass is 32.2. The van der Waals surface area contributed by atoms with Gasteiger partial charge in [-0.1, -0.05) is 19.3 Å². The lowest BCUT2D eigenvalue weighted by Crippen LogP contribution is -2.49. The van der Waals surface area contributed by atoms with Gasteiger partial charge >= 0.3 is 0 Å². The second-order valence-corrected chi connectivity index (χ2v) is 11.4. The van der Waals surface area contributed by atoms with Crippen molar-refractivity contribution >= 4 is 38.9 Å². The molecule has 1 aromatic rings. The van der Waals surface area contributed by atoms with Crippen molar-refractivity contribution in [3.05, 3.63) is 24.3 Å². The smallest absolute Gasteiger partial charge is 0.243 e. The summed E-state index contributed by atoms with van der Waals surface area (Å²) in [6.45, 7) is 3.13. The maximum Gasteiger partial charge on any atom is 0.243 e. The van der Waals surface area contributed by atoms with Crippen LogP contribution in [0.15, 0.2) is 29.2 Å². The van der Waals surface area contributed by atoms with Gasteiger partial charge in [0.2, 0.25) is 15.9 Å². The van der Waals surface area contributed by atoms with E-state index in [0.717, 1.165) is 44.5 Å². The van der Waals surface area contributed by atoms with Gasteiger partial charge in [-0.2, -0.15) is 4.31 Å². The van der Waals surface area contributed by atoms with Gasteiger partial charge in [0.25, 0.3) is 0 Å². The van der Waals surface area contributed by atoms with E-state index in [-0.39, 0.29) is 16.9 Å². The van der Waals surface area contributed by atoms with Crippen LogP contribution in [0.4, 0.5) is 5.69 Å². The van der Waals surface area contributed by atoms with Crippen molar-refractivity contribution < 1.29 is 17.9 Å². The molecule has 182 valence electrons. The molecule has 2 aliphatic heterocycles. The zero-order chi connectivity index (χ0) is 23.3. The van der Waals surface area contributed by atoms with E-state index in [1.54, 1.807) is 24.3 Å². The zero-order valence-corrected chi connectivity index (χ0v) is 20.6. The molecule has 0 aromatic heterocycles. The number of rotatable bonds is 5. The molecule has 2 N–H and O–H groups in total. The van der Waals surface area contributed by atoms with Crippen molar-refractivity contribution in [1.82, 2.24) is 14.5 Å². The number of likely N-dealkylation sites (tertiary alicyclic amines) is 1. The standard InChI is InChI=1S/C23H34N4O4S2/c28-22(18-4-2-1-3-5-18)26-12-10-20(11-13-26)25-23(32)24-19-6-8-21(9-7-19)33(29,30)27-14-16-31-17-15-27/h6-9,18,20H,1-5,10-17H2,(H2,24,25,32). The Morgan fingerprint density at radius 1 is 0.939 bits per heavy atom. The van der Waals surface area contributed by atoms with Gasteiger partial charge in [-0.25, -0.2) is 8.42 Å². The number of hydrogen-bond acceptors (Lipinski definition) is 5. The molecule has 3 aliphatic rings. The Morgan fingerprint density at radius 3 is 2.21 bits per heavy atom. The van der Waals surface area contributed by atoms with Gasteiger partial charge in [0, 0.05) is 43.8 Å². The molecule has 1 aromatic carbocycles. The number of piperidine rings is 1. The summed E-state index contributed by atoms with van der Waals surface area (Å²) in [5.74, 6) is 0.557. The number of carbonyl (C=O) groups is 1. The summed E-state index contributed by atoms with van der Waals surface area (Å²) in [6, 6.07) is 6.89. The zero-order valence-electron chi connectivity index (χ0n) is 19.0. The summed E-state index contributed by atoms with van der Waals surface area (Å²) in [7, 11) is -3.51. The first-order valence-electron chi connectivity index (χ1n) is 12.0. The summed E-state index contributed by atoms with van der Waals surface area (Å²) < 4.78 is 32.2. The average Bonchev–Trinajstić information content (AvgIpc) is 2.85.